The average Bonchev–Trinajstić information content (AvgIpc) is 2.66. The van der Waals surface area contributed by atoms with E-state index in [0.29, 0.717) is 6.54 Å². The Labute approximate surface area is 104 Å². The first-order valence-electron chi connectivity index (χ1n) is 4.27. The van der Waals surface area contributed by atoms with E-state index in [1.165, 1.54) is 0 Å². The normalized spacial score (nSPS) is 10.6. The van der Waals surface area contributed by atoms with Crippen molar-refractivity contribution in [3.63, 3.8) is 0 Å². The molecule has 2 rings (SSSR count). The third kappa shape index (κ3) is 2.27. The predicted molar refractivity (Wildman–Crippen MR) is 64.7 cm³/mol. The molecule has 0 atom stereocenters. The number of halogens is 2. The van der Waals surface area contributed by atoms with Gasteiger partial charge in [0.05, 0.1) is 17.6 Å². The second-order valence-corrected chi connectivity index (χ2v) is 4.72. The molecule has 0 bridgehead atoms. The van der Waals surface area contributed by atoms with Gasteiger partial charge in [0, 0.05) is 15.5 Å². The summed E-state index contributed by atoms with van der Waals surface area (Å²) in [5, 5.41) is 7.92. The first-order valence-corrected chi connectivity index (χ1v) is 5.86. The fourth-order valence-electron chi connectivity index (χ4n) is 1.18. The lowest BCUT2D eigenvalue weighted by Crippen LogP contribution is -1.96. The monoisotopic (exact) mass is 330 g/mol. The molecule has 0 aliphatic rings. The topological polar surface area (TPSA) is 56.7 Å². The standard InChI is InChI=1S/C9H8Br2N4/c10-6-1-2-9(8(11)3-6)15-5-7(4-12)13-14-15/h1-3,5H,4,12H2. The summed E-state index contributed by atoms with van der Waals surface area (Å²) in [6.07, 6.45) is 1.81. The van der Waals surface area contributed by atoms with Crippen molar-refractivity contribution in [2.24, 2.45) is 5.73 Å². The van der Waals surface area contributed by atoms with Gasteiger partial charge in [-0.1, -0.05) is 21.1 Å². The van der Waals surface area contributed by atoms with Crippen LogP contribution in [0, 0.1) is 0 Å². The number of aromatic nitrogens is 3. The Hall–Kier alpha value is -0.720. The molecule has 4 nitrogen and oxygen atoms in total. The van der Waals surface area contributed by atoms with Gasteiger partial charge in [-0.2, -0.15) is 0 Å². The van der Waals surface area contributed by atoms with Gasteiger partial charge in [-0.05, 0) is 34.1 Å². The molecule has 0 fully saturated rings. The van der Waals surface area contributed by atoms with Crippen molar-refractivity contribution in [2.75, 3.05) is 0 Å². The van der Waals surface area contributed by atoms with Gasteiger partial charge in [0.2, 0.25) is 0 Å². The van der Waals surface area contributed by atoms with Gasteiger partial charge in [-0.25, -0.2) is 4.68 Å². The summed E-state index contributed by atoms with van der Waals surface area (Å²) in [7, 11) is 0. The van der Waals surface area contributed by atoms with Crippen LogP contribution in [0.5, 0.6) is 0 Å². The molecule has 0 unspecified atom stereocenters. The second kappa shape index (κ2) is 4.42. The average molecular weight is 332 g/mol. The van der Waals surface area contributed by atoms with Crippen LogP contribution in [0.4, 0.5) is 0 Å². The van der Waals surface area contributed by atoms with E-state index in [2.05, 4.69) is 42.2 Å². The summed E-state index contributed by atoms with van der Waals surface area (Å²) in [6, 6.07) is 5.85. The van der Waals surface area contributed by atoms with Gasteiger partial charge in [-0.15, -0.1) is 5.10 Å². The van der Waals surface area contributed by atoms with Crippen molar-refractivity contribution in [1.82, 2.24) is 15.0 Å². The lowest BCUT2D eigenvalue weighted by molar-refractivity contribution is 0.794. The van der Waals surface area contributed by atoms with E-state index in [-0.39, 0.29) is 0 Å². The number of rotatable bonds is 2. The molecule has 1 aromatic carbocycles. The van der Waals surface area contributed by atoms with Gasteiger partial charge >= 0.3 is 0 Å². The van der Waals surface area contributed by atoms with Crippen LogP contribution in [0.2, 0.25) is 0 Å². The smallest absolute Gasteiger partial charge is 0.0967 e. The molecule has 78 valence electrons. The Morgan fingerprint density at radius 1 is 1.33 bits per heavy atom. The van der Waals surface area contributed by atoms with Crippen molar-refractivity contribution in [3.8, 4) is 5.69 Å². The molecule has 0 saturated heterocycles. The van der Waals surface area contributed by atoms with E-state index >= 15 is 0 Å². The third-order valence-corrected chi connectivity index (χ3v) is 3.03. The van der Waals surface area contributed by atoms with E-state index in [9.17, 15) is 0 Å². The van der Waals surface area contributed by atoms with Crippen LogP contribution in [-0.4, -0.2) is 15.0 Å². The van der Waals surface area contributed by atoms with Crippen LogP contribution >= 0.6 is 31.9 Å². The van der Waals surface area contributed by atoms with Crippen LogP contribution < -0.4 is 5.73 Å². The summed E-state index contributed by atoms with van der Waals surface area (Å²) in [5.41, 5.74) is 7.17. The number of hydrogen-bond donors (Lipinski definition) is 1. The van der Waals surface area contributed by atoms with Crippen LogP contribution in [0.1, 0.15) is 5.69 Å². The molecule has 0 spiro atoms. The molecule has 1 aromatic heterocycles. The minimum atomic E-state index is 0.397. The molecule has 1 heterocycles. The molecule has 2 aromatic rings. The highest BCUT2D eigenvalue weighted by Crippen LogP contribution is 2.24. The Morgan fingerprint density at radius 3 is 2.73 bits per heavy atom. The van der Waals surface area contributed by atoms with E-state index in [4.69, 9.17) is 5.73 Å². The number of benzene rings is 1. The molecule has 0 amide bonds. The minimum absolute atomic E-state index is 0.397. The summed E-state index contributed by atoms with van der Waals surface area (Å²) < 4.78 is 3.65. The summed E-state index contributed by atoms with van der Waals surface area (Å²) in [5.74, 6) is 0. The lowest BCUT2D eigenvalue weighted by atomic mass is 10.3. The summed E-state index contributed by atoms with van der Waals surface area (Å²) in [6.45, 7) is 0.397. The highest BCUT2D eigenvalue weighted by atomic mass is 79.9. The number of nitrogens with zero attached hydrogens (tertiary/aromatic N) is 3. The van der Waals surface area contributed by atoms with Crippen LogP contribution in [-0.2, 0) is 6.54 Å². The number of nitrogens with two attached hydrogens (primary N) is 1. The molecule has 15 heavy (non-hydrogen) atoms. The van der Waals surface area contributed by atoms with Gasteiger partial charge in [0.25, 0.3) is 0 Å². The Balaban J connectivity index is 2.44. The van der Waals surface area contributed by atoms with Crippen molar-refractivity contribution in [2.45, 2.75) is 6.54 Å². The fourth-order valence-corrected chi connectivity index (χ4v) is 2.41. The second-order valence-electron chi connectivity index (χ2n) is 2.95. The highest BCUT2D eigenvalue weighted by Gasteiger charge is 2.05. The van der Waals surface area contributed by atoms with E-state index in [0.717, 1.165) is 20.3 Å². The fraction of sp³-hybridized carbons (Fsp3) is 0.111. The Bertz CT molecular complexity index is 481. The molecular weight excluding hydrogens is 324 g/mol. The third-order valence-electron chi connectivity index (χ3n) is 1.91. The summed E-state index contributed by atoms with van der Waals surface area (Å²) >= 11 is 6.86. The zero-order chi connectivity index (χ0) is 10.8. The SMILES string of the molecule is NCc1cn(-c2ccc(Br)cc2Br)nn1. The van der Waals surface area contributed by atoms with Crippen LogP contribution in [0.15, 0.2) is 33.3 Å². The quantitative estimate of drug-likeness (QED) is 0.918. The van der Waals surface area contributed by atoms with E-state index < -0.39 is 0 Å². The van der Waals surface area contributed by atoms with Gasteiger partial charge in [0.15, 0.2) is 0 Å². The maximum atomic E-state index is 5.47. The maximum Gasteiger partial charge on any atom is 0.0967 e. The van der Waals surface area contributed by atoms with Crippen molar-refractivity contribution < 1.29 is 0 Å². The zero-order valence-corrected chi connectivity index (χ0v) is 10.9. The number of hydrogen-bond acceptors (Lipinski definition) is 3. The first-order chi connectivity index (χ1) is 7.20. The minimum Gasteiger partial charge on any atom is -0.325 e. The van der Waals surface area contributed by atoms with E-state index in [1.54, 1.807) is 4.68 Å². The molecule has 0 radical (unpaired) electrons. The van der Waals surface area contributed by atoms with Gasteiger partial charge < -0.3 is 5.73 Å². The van der Waals surface area contributed by atoms with E-state index in [1.807, 2.05) is 24.4 Å². The zero-order valence-electron chi connectivity index (χ0n) is 7.69. The predicted octanol–water partition coefficient (Wildman–Crippen LogP) is 2.25. The van der Waals surface area contributed by atoms with Crippen molar-refractivity contribution in [3.05, 3.63) is 39.0 Å². The van der Waals surface area contributed by atoms with Gasteiger partial charge in [-0.3, -0.25) is 0 Å². The highest BCUT2D eigenvalue weighted by molar-refractivity contribution is 9.11. The molecule has 6 heteroatoms. The maximum absolute atomic E-state index is 5.47. The van der Waals surface area contributed by atoms with Crippen molar-refractivity contribution >= 4 is 31.9 Å². The molecule has 0 aliphatic carbocycles. The largest absolute Gasteiger partial charge is 0.325 e. The Kier molecular flexibility index (Phi) is 3.18. The molecule has 0 saturated carbocycles. The Morgan fingerprint density at radius 2 is 2.13 bits per heavy atom. The van der Waals surface area contributed by atoms with Crippen molar-refractivity contribution in [1.29, 1.82) is 0 Å². The molecule has 2 N–H and O–H groups in total. The van der Waals surface area contributed by atoms with Gasteiger partial charge in [0.1, 0.15) is 0 Å². The lowest BCUT2D eigenvalue weighted by Gasteiger charge is -2.03. The van der Waals surface area contributed by atoms with Crippen LogP contribution in [0.25, 0.3) is 5.69 Å². The first kappa shape index (κ1) is 10.8. The van der Waals surface area contributed by atoms with Crippen LogP contribution in [0.3, 0.4) is 0 Å². The molecular formula is C9H8Br2N4. The molecule has 0 aliphatic heterocycles. The summed E-state index contributed by atoms with van der Waals surface area (Å²) in [4.78, 5) is 0.